The zero-order chi connectivity index (χ0) is 12.7. The van der Waals surface area contributed by atoms with Crippen LogP contribution in [-0.4, -0.2) is 23.1 Å². The maximum absolute atomic E-state index is 5.71. The van der Waals surface area contributed by atoms with Gasteiger partial charge < -0.3 is 15.0 Å². The van der Waals surface area contributed by atoms with Crippen molar-refractivity contribution < 1.29 is 4.74 Å². The fourth-order valence-electron chi connectivity index (χ4n) is 1.78. The monoisotopic (exact) mass is 239 g/mol. The van der Waals surface area contributed by atoms with Gasteiger partial charge in [0.05, 0.1) is 0 Å². The minimum Gasteiger partial charge on any atom is -0.370 e. The second-order valence-electron chi connectivity index (χ2n) is 4.59. The molecule has 1 atom stereocenters. The van der Waals surface area contributed by atoms with Crippen molar-refractivity contribution in [2.45, 2.75) is 46.8 Å². The van der Waals surface area contributed by atoms with Gasteiger partial charge in [0, 0.05) is 25.0 Å². The highest BCUT2D eigenvalue weighted by Gasteiger charge is 2.18. The minimum atomic E-state index is 0.0694. The Bertz CT molecular complexity index is 309. The zero-order valence-electron chi connectivity index (χ0n) is 11.4. The Labute approximate surface area is 104 Å². The van der Waals surface area contributed by atoms with E-state index in [2.05, 4.69) is 36.1 Å². The quantitative estimate of drug-likeness (QED) is 0.686. The van der Waals surface area contributed by atoms with E-state index in [1.54, 1.807) is 0 Å². The molecule has 0 spiro atoms. The van der Waals surface area contributed by atoms with Gasteiger partial charge in [-0.3, -0.25) is 0 Å². The molecular formula is C13H25N3O. The van der Waals surface area contributed by atoms with Crippen molar-refractivity contribution in [3.63, 3.8) is 0 Å². The topological polar surface area (TPSA) is 49.9 Å². The summed E-state index contributed by atoms with van der Waals surface area (Å²) in [6.45, 7) is 11.1. The Morgan fingerprint density at radius 2 is 2.18 bits per heavy atom. The van der Waals surface area contributed by atoms with Crippen LogP contribution in [0.15, 0.2) is 6.20 Å². The van der Waals surface area contributed by atoms with Gasteiger partial charge in [-0.25, -0.2) is 4.98 Å². The zero-order valence-corrected chi connectivity index (χ0v) is 11.4. The molecule has 1 heterocycles. The highest BCUT2D eigenvalue weighted by atomic mass is 16.5. The second kappa shape index (κ2) is 7.45. The van der Waals surface area contributed by atoms with Crippen molar-refractivity contribution in [1.82, 2.24) is 15.3 Å². The van der Waals surface area contributed by atoms with Crippen LogP contribution in [0.5, 0.6) is 0 Å². The van der Waals surface area contributed by atoms with E-state index in [0.29, 0.717) is 12.5 Å². The molecule has 17 heavy (non-hydrogen) atoms. The molecule has 0 aliphatic rings. The predicted molar refractivity (Wildman–Crippen MR) is 69.8 cm³/mol. The lowest BCUT2D eigenvalue weighted by atomic mass is 10.1. The molecule has 0 fully saturated rings. The number of hydrogen-bond acceptors (Lipinski definition) is 3. The van der Waals surface area contributed by atoms with E-state index in [1.165, 1.54) is 0 Å². The number of aromatic amines is 1. The van der Waals surface area contributed by atoms with Crippen molar-refractivity contribution in [3.05, 3.63) is 17.7 Å². The third-order valence-electron chi connectivity index (χ3n) is 2.61. The van der Waals surface area contributed by atoms with Crippen LogP contribution in [0.2, 0.25) is 0 Å². The molecule has 0 bridgehead atoms. The molecule has 0 aliphatic carbocycles. The first kappa shape index (κ1) is 14.2. The highest BCUT2D eigenvalue weighted by Crippen LogP contribution is 2.22. The summed E-state index contributed by atoms with van der Waals surface area (Å²) in [4.78, 5) is 7.75. The number of ether oxygens (including phenoxy) is 1. The summed E-state index contributed by atoms with van der Waals surface area (Å²) in [5, 5.41) is 3.35. The molecule has 4 nitrogen and oxygen atoms in total. The summed E-state index contributed by atoms with van der Waals surface area (Å²) in [5.41, 5.74) is 1.12. The Morgan fingerprint density at radius 3 is 2.76 bits per heavy atom. The van der Waals surface area contributed by atoms with Crippen LogP contribution in [0, 0.1) is 5.92 Å². The Hall–Kier alpha value is -0.870. The number of imidazole rings is 1. The van der Waals surface area contributed by atoms with Crippen molar-refractivity contribution in [3.8, 4) is 0 Å². The lowest BCUT2D eigenvalue weighted by molar-refractivity contribution is 0.0237. The predicted octanol–water partition coefficient (Wildman–Crippen LogP) is 2.64. The summed E-state index contributed by atoms with van der Waals surface area (Å²) in [6, 6.07) is 0. The van der Waals surface area contributed by atoms with Crippen molar-refractivity contribution in [2.24, 2.45) is 5.92 Å². The van der Waals surface area contributed by atoms with Crippen LogP contribution in [0.25, 0.3) is 0 Å². The number of hydrogen-bond donors (Lipinski definition) is 2. The van der Waals surface area contributed by atoms with Gasteiger partial charge in [0.2, 0.25) is 0 Å². The number of nitrogens with zero attached hydrogens (tertiary/aromatic N) is 1. The molecule has 0 aromatic carbocycles. The van der Waals surface area contributed by atoms with Crippen LogP contribution >= 0.6 is 0 Å². The molecule has 1 rings (SSSR count). The fraction of sp³-hybridized carbons (Fsp3) is 0.769. The van der Waals surface area contributed by atoms with E-state index in [9.17, 15) is 0 Å². The molecule has 0 saturated heterocycles. The van der Waals surface area contributed by atoms with E-state index in [0.717, 1.165) is 31.0 Å². The molecule has 98 valence electrons. The summed E-state index contributed by atoms with van der Waals surface area (Å²) in [7, 11) is 0. The molecule has 1 aromatic heterocycles. The maximum Gasteiger partial charge on any atom is 0.135 e. The Morgan fingerprint density at radius 1 is 1.41 bits per heavy atom. The Kier molecular flexibility index (Phi) is 6.22. The minimum absolute atomic E-state index is 0.0694. The van der Waals surface area contributed by atoms with E-state index in [4.69, 9.17) is 4.74 Å². The summed E-state index contributed by atoms with van der Waals surface area (Å²) >= 11 is 0. The number of H-pyrrole nitrogens is 1. The fourth-order valence-corrected chi connectivity index (χ4v) is 1.78. The first-order valence-corrected chi connectivity index (χ1v) is 6.55. The van der Waals surface area contributed by atoms with Crippen molar-refractivity contribution in [1.29, 1.82) is 0 Å². The lowest BCUT2D eigenvalue weighted by Crippen LogP contribution is -2.15. The van der Waals surface area contributed by atoms with Crippen LogP contribution in [0.3, 0.4) is 0 Å². The number of nitrogens with one attached hydrogen (secondary N) is 2. The van der Waals surface area contributed by atoms with Gasteiger partial charge in [-0.2, -0.15) is 0 Å². The van der Waals surface area contributed by atoms with Crippen molar-refractivity contribution in [2.75, 3.05) is 13.2 Å². The van der Waals surface area contributed by atoms with Crippen LogP contribution in [-0.2, 0) is 11.3 Å². The Balaban J connectivity index is 2.58. The van der Waals surface area contributed by atoms with E-state index in [1.807, 2.05) is 13.1 Å². The van der Waals surface area contributed by atoms with Crippen LogP contribution in [0.4, 0.5) is 0 Å². The molecule has 0 aliphatic heterocycles. The lowest BCUT2D eigenvalue weighted by Gasteiger charge is -2.18. The third-order valence-corrected chi connectivity index (χ3v) is 2.61. The van der Waals surface area contributed by atoms with Gasteiger partial charge in [-0.05, 0) is 25.8 Å². The maximum atomic E-state index is 5.71. The van der Waals surface area contributed by atoms with Gasteiger partial charge in [0.1, 0.15) is 11.9 Å². The van der Waals surface area contributed by atoms with Crippen molar-refractivity contribution >= 4 is 0 Å². The first-order chi connectivity index (χ1) is 8.19. The molecule has 0 amide bonds. The van der Waals surface area contributed by atoms with Crippen LogP contribution in [0.1, 0.15) is 51.7 Å². The molecule has 0 radical (unpaired) electrons. The average Bonchev–Trinajstić information content (AvgIpc) is 2.74. The number of aromatic nitrogens is 2. The SMILES string of the molecule is CCCNCc1cnc(C(OCC)C(C)C)[nH]1. The molecule has 1 unspecified atom stereocenters. The third kappa shape index (κ3) is 4.48. The second-order valence-corrected chi connectivity index (χ2v) is 4.59. The van der Waals surface area contributed by atoms with Gasteiger partial charge in [-0.1, -0.05) is 20.8 Å². The molecule has 2 N–H and O–H groups in total. The van der Waals surface area contributed by atoms with Gasteiger partial charge in [0.25, 0.3) is 0 Å². The standard InChI is InChI=1S/C13H25N3O/c1-5-7-14-8-11-9-15-13(16-11)12(10(3)4)17-6-2/h9-10,12,14H,5-8H2,1-4H3,(H,15,16). The molecule has 4 heteroatoms. The highest BCUT2D eigenvalue weighted by molar-refractivity contribution is 5.04. The molecule has 1 aromatic rings. The average molecular weight is 239 g/mol. The molecule has 0 saturated carbocycles. The summed E-state index contributed by atoms with van der Waals surface area (Å²) in [5.74, 6) is 1.37. The van der Waals surface area contributed by atoms with E-state index in [-0.39, 0.29) is 6.10 Å². The largest absolute Gasteiger partial charge is 0.370 e. The number of rotatable bonds is 8. The van der Waals surface area contributed by atoms with E-state index < -0.39 is 0 Å². The summed E-state index contributed by atoms with van der Waals surface area (Å²) < 4.78 is 5.71. The van der Waals surface area contributed by atoms with Gasteiger partial charge in [0.15, 0.2) is 0 Å². The van der Waals surface area contributed by atoms with Gasteiger partial charge in [-0.15, -0.1) is 0 Å². The van der Waals surface area contributed by atoms with Crippen LogP contribution < -0.4 is 5.32 Å². The normalized spacial score (nSPS) is 13.2. The smallest absolute Gasteiger partial charge is 0.135 e. The summed E-state index contributed by atoms with van der Waals surface area (Å²) in [6.07, 6.45) is 3.11. The van der Waals surface area contributed by atoms with E-state index >= 15 is 0 Å². The molecular weight excluding hydrogens is 214 g/mol. The first-order valence-electron chi connectivity index (χ1n) is 6.55. The van der Waals surface area contributed by atoms with Gasteiger partial charge >= 0.3 is 0 Å².